The first-order valence-electron chi connectivity index (χ1n) is 9.50. The van der Waals surface area contributed by atoms with Crippen LogP contribution in [0.15, 0.2) is 102 Å². The standard InChI is InChI=1S/C24H19N3O2/c28-22-15-16-27(25-22)24(19-11-5-2-6-12-19)20-13-7-8-14-21(20)26(23(24)29)17-18-9-3-1-4-10-18/h1-16H,17H2,(H,25,28)/t24-/m0/s1. The second-order valence-corrected chi connectivity index (χ2v) is 7.13. The number of H-pyrrole nitrogens is 1. The average Bonchev–Trinajstić information content (AvgIpc) is 3.30. The second-order valence-electron chi connectivity index (χ2n) is 7.13. The van der Waals surface area contributed by atoms with Crippen molar-refractivity contribution < 1.29 is 4.79 Å². The van der Waals surface area contributed by atoms with Gasteiger partial charge in [0.1, 0.15) is 0 Å². The van der Waals surface area contributed by atoms with Crippen molar-refractivity contribution in [1.82, 2.24) is 9.78 Å². The predicted octanol–water partition coefficient (Wildman–Crippen LogP) is 3.52. The number of carbonyl (C=O) groups excluding carboxylic acids is 1. The third-order valence-electron chi connectivity index (χ3n) is 5.48. The Kier molecular flexibility index (Phi) is 3.95. The number of para-hydroxylation sites is 1. The van der Waals surface area contributed by atoms with Gasteiger partial charge in [0.2, 0.25) is 0 Å². The quantitative estimate of drug-likeness (QED) is 0.588. The average molecular weight is 381 g/mol. The number of nitrogens with one attached hydrogen (secondary N) is 1. The van der Waals surface area contributed by atoms with Gasteiger partial charge in [-0.15, -0.1) is 0 Å². The molecule has 3 aromatic carbocycles. The van der Waals surface area contributed by atoms with E-state index < -0.39 is 5.54 Å². The van der Waals surface area contributed by atoms with Crippen molar-refractivity contribution in [2.24, 2.45) is 0 Å². The minimum Gasteiger partial charge on any atom is -0.305 e. The lowest BCUT2D eigenvalue weighted by Crippen LogP contribution is -2.47. The SMILES string of the molecule is O=C1N(Cc2ccccc2)c2ccccc2[C@]1(c1ccccc1)n1ccc(=O)[nH]1. The molecule has 1 aliphatic heterocycles. The van der Waals surface area contributed by atoms with Crippen molar-refractivity contribution in [3.05, 3.63) is 124 Å². The van der Waals surface area contributed by atoms with Crippen molar-refractivity contribution in [1.29, 1.82) is 0 Å². The highest BCUT2D eigenvalue weighted by Crippen LogP contribution is 2.47. The number of benzene rings is 3. The largest absolute Gasteiger partial charge is 0.305 e. The van der Waals surface area contributed by atoms with Gasteiger partial charge in [-0.1, -0.05) is 78.9 Å². The molecule has 1 amide bonds. The Bertz CT molecular complexity index is 1230. The van der Waals surface area contributed by atoms with Crippen molar-refractivity contribution in [3.8, 4) is 0 Å². The molecule has 0 unspecified atom stereocenters. The van der Waals surface area contributed by atoms with Gasteiger partial charge in [-0.2, -0.15) is 0 Å². The van der Waals surface area contributed by atoms with Crippen LogP contribution >= 0.6 is 0 Å². The Hall–Kier alpha value is -3.86. The molecule has 142 valence electrons. The zero-order valence-corrected chi connectivity index (χ0v) is 15.7. The molecule has 5 rings (SSSR count). The molecule has 1 atom stereocenters. The summed E-state index contributed by atoms with van der Waals surface area (Å²) in [6.07, 6.45) is 1.65. The monoisotopic (exact) mass is 381 g/mol. The molecule has 0 aliphatic carbocycles. The summed E-state index contributed by atoms with van der Waals surface area (Å²) in [5.41, 5.74) is 2.14. The van der Waals surface area contributed by atoms with Gasteiger partial charge < -0.3 is 4.90 Å². The van der Waals surface area contributed by atoms with Crippen LogP contribution in [0, 0.1) is 0 Å². The highest BCUT2D eigenvalue weighted by Gasteiger charge is 2.54. The minimum absolute atomic E-state index is 0.0967. The fraction of sp³-hybridized carbons (Fsp3) is 0.0833. The van der Waals surface area contributed by atoms with E-state index in [-0.39, 0.29) is 11.5 Å². The first-order valence-corrected chi connectivity index (χ1v) is 9.50. The summed E-state index contributed by atoms with van der Waals surface area (Å²) in [6, 6.07) is 28.7. The van der Waals surface area contributed by atoms with Gasteiger partial charge in [0, 0.05) is 17.8 Å². The van der Waals surface area contributed by atoms with E-state index in [4.69, 9.17) is 0 Å². The second kappa shape index (κ2) is 6.63. The van der Waals surface area contributed by atoms with Gasteiger partial charge >= 0.3 is 0 Å². The molecule has 1 aliphatic rings. The molecule has 5 heteroatoms. The zero-order chi connectivity index (χ0) is 19.8. The van der Waals surface area contributed by atoms with E-state index in [9.17, 15) is 9.59 Å². The number of hydrogen-bond acceptors (Lipinski definition) is 2. The molecule has 1 N–H and O–H groups in total. The van der Waals surface area contributed by atoms with Crippen LogP contribution in [0.5, 0.6) is 0 Å². The summed E-state index contributed by atoms with van der Waals surface area (Å²) in [4.78, 5) is 27.9. The first-order chi connectivity index (χ1) is 14.2. The zero-order valence-electron chi connectivity index (χ0n) is 15.7. The molecule has 29 heavy (non-hydrogen) atoms. The highest BCUT2D eigenvalue weighted by atomic mass is 16.2. The molecule has 0 fully saturated rings. The number of aromatic amines is 1. The van der Waals surface area contributed by atoms with E-state index >= 15 is 0 Å². The van der Waals surface area contributed by atoms with Crippen LogP contribution in [-0.4, -0.2) is 15.7 Å². The summed E-state index contributed by atoms with van der Waals surface area (Å²) in [6.45, 7) is 0.455. The van der Waals surface area contributed by atoms with E-state index in [2.05, 4.69) is 5.10 Å². The van der Waals surface area contributed by atoms with E-state index in [0.717, 1.165) is 22.4 Å². The van der Waals surface area contributed by atoms with Crippen molar-refractivity contribution >= 4 is 11.6 Å². The van der Waals surface area contributed by atoms with Crippen molar-refractivity contribution in [2.75, 3.05) is 4.90 Å². The van der Waals surface area contributed by atoms with Gasteiger partial charge in [0.05, 0.1) is 12.2 Å². The fourth-order valence-corrected chi connectivity index (χ4v) is 4.22. The van der Waals surface area contributed by atoms with Crippen LogP contribution < -0.4 is 10.5 Å². The lowest BCUT2D eigenvalue weighted by Gasteiger charge is -2.30. The number of carbonyl (C=O) groups is 1. The molecule has 0 radical (unpaired) electrons. The number of fused-ring (bicyclic) bond motifs is 1. The molecule has 0 spiro atoms. The normalized spacial score (nSPS) is 18.1. The topological polar surface area (TPSA) is 58.1 Å². The third kappa shape index (κ3) is 2.55. The summed E-state index contributed by atoms with van der Waals surface area (Å²) in [7, 11) is 0. The summed E-state index contributed by atoms with van der Waals surface area (Å²) in [5.74, 6) is -0.0967. The first kappa shape index (κ1) is 17.3. The Balaban J connectivity index is 1.77. The van der Waals surface area contributed by atoms with Crippen LogP contribution in [-0.2, 0) is 16.9 Å². The Morgan fingerprint density at radius 2 is 1.41 bits per heavy atom. The maximum Gasteiger partial charge on any atom is 0.264 e. The van der Waals surface area contributed by atoms with Gasteiger partial charge in [-0.3, -0.25) is 19.4 Å². The minimum atomic E-state index is -1.16. The van der Waals surface area contributed by atoms with Crippen LogP contribution in [0.1, 0.15) is 16.7 Å². The van der Waals surface area contributed by atoms with Gasteiger partial charge in [0.25, 0.3) is 11.5 Å². The number of amides is 1. The number of rotatable bonds is 4. The predicted molar refractivity (Wildman–Crippen MR) is 112 cm³/mol. The molecule has 0 saturated heterocycles. The summed E-state index contributed by atoms with van der Waals surface area (Å²) >= 11 is 0. The Morgan fingerprint density at radius 1 is 0.759 bits per heavy atom. The number of aromatic nitrogens is 2. The van der Waals surface area contributed by atoms with E-state index in [1.54, 1.807) is 15.8 Å². The van der Waals surface area contributed by atoms with Crippen molar-refractivity contribution in [2.45, 2.75) is 12.1 Å². The summed E-state index contributed by atoms with van der Waals surface area (Å²) < 4.78 is 1.64. The maximum atomic E-state index is 14.1. The molecular formula is C24H19N3O2. The van der Waals surface area contributed by atoms with Gasteiger partial charge in [-0.05, 0) is 17.2 Å². The highest BCUT2D eigenvalue weighted by molar-refractivity contribution is 6.10. The Morgan fingerprint density at radius 3 is 2.10 bits per heavy atom. The molecule has 5 nitrogen and oxygen atoms in total. The molecule has 0 bridgehead atoms. The lowest BCUT2D eigenvalue weighted by molar-refractivity contribution is -0.123. The third-order valence-corrected chi connectivity index (χ3v) is 5.48. The molecular weight excluding hydrogens is 362 g/mol. The van der Waals surface area contributed by atoms with Crippen LogP contribution in [0.3, 0.4) is 0 Å². The Labute approximate surface area is 167 Å². The van der Waals surface area contributed by atoms with Crippen LogP contribution in [0.2, 0.25) is 0 Å². The number of anilines is 1. The van der Waals surface area contributed by atoms with Crippen LogP contribution in [0.4, 0.5) is 5.69 Å². The van der Waals surface area contributed by atoms with E-state index in [0.29, 0.717) is 6.54 Å². The lowest BCUT2D eigenvalue weighted by atomic mass is 9.84. The van der Waals surface area contributed by atoms with Gasteiger partial charge in [-0.25, -0.2) is 0 Å². The van der Waals surface area contributed by atoms with E-state index in [1.165, 1.54) is 6.07 Å². The van der Waals surface area contributed by atoms with E-state index in [1.807, 2.05) is 84.9 Å². The fourth-order valence-electron chi connectivity index (χ4n) is 4.22. The maximum absolute atomic E-state index is 14.1. The molecule has 0 saturated carbocycles. The summed E-state index contributed by atoms with van der Waals surface area (Å²) in [5, 5.41) is 2.83. The van der Waals surface area contributed by atoms with Crippen LogP contribution in [0.25, 0.3) is 0 Å². The molecule has 4 aromatic rings. The number of nitrogens with zero attached hydrogens (tertiary/aromatic N) is 2. The smallest absolute Gasteiger partial charge is 0.264 e. The van der Waals surface area contributed by atoms with Gasteiger partial charge in [0.15, 0.2) is 5.54 Å². The molecule has 2 heterocycles. The molecule has 1 aromatic heterocycles. The number of hydrogen-bond donors (Lipinski definition) is 1. The van der Waals surface area contributed by atoms with Crippen molar-refractivity contribution in [3.63, 3.8) is 0 Å².